The van der Waals surface area contributed by atoms with E-state index in [1.54, 1.807) is 21.3 Å². The first kappa shape index (κ1) is 19.7. The number of rotatable bonds is 6. The molecule has 1 amide bonds. The van der Waals surface area contributed by atoms with E-state index in [0.29, 0.717) is 22.9 Å². The molecule has 0 atom stereocenters. The lowest BCUT2D eigenvalue weighted by molar-refractivity contribution is -0.114. The molecule has 7 heteroatoms. The van der Waals surface area contributed by atoms with Gasteiger partial charge in [0.15, 0.2) is 11.5 Å². The van der Waals surface area contributed by atoms with Crippen LogP contribution in [0, 0.1) is 6.92 Å². The van der Waals surface area contributed by atoms with Crippen LogP contribution in [0.4, 0.5) is 5.69 Å². The number of hydrogen-bond acceptors (Lipinski definition) is 6. The molecule has 6 nitrogen and oxygen atoms in total. The van der Waals surface area contributed by atoms with Crippen molar-refractivity contribution < 1.29 is 19.0 Å². The first-order valence-electron chi connectivity index (χ1n) is 8.61. The molecule has 0 aliphatic heterocycles. The summed E-state index contributed by atoms with van der Waals surface area (Å²) in [6.07, 6.45) is 0. The van der Waals surface area contributed by atoms with E-state index in [1.165, 1.54) is 18.5 Å². The number of aromatic nitrogens is 1. The van der Waals surface area contributed by atoms with Gasteiger partial charge < -0.3 is 19.5 Å². The summed E-state index contributed by atoms with van der Waals surface area (Å²) in [5.74, 6) is 1.81. The number of carbonyl (C=O) groups excluding carboxylic acids is 1. The molecule has 1 heterocycles. The Morgan fingerprint density at radius 2 is 1.75 bits per heavy atom. The van der Waals surface area contributed by atoms with Crippen LogP contribution in [0.15, 0.2) is 35.7 Å². The highest BCUT2D eigenvalue weighted by Gasteiger charge is 2.17. The van der Waals surface area contributed by atoms with Crippen LogP contribution >= 0.6 is 11.5 Å². The normalized spacial score (nSPS) is 10.5. The molecule has 0 saturated carbocycles. The summed E-state index contributed by atoms with van der Waals surface area (Å²) in [7, 11) is 4.82. The number of benzene rings is 2. The Morgan fingerprint density at radius 3 is 2.39 bits per heavy atom. The number of nitrogens with zero attached hydrogens (tertiary/aromatic N) is 1. The third-order valence-electron chi connectivity index (χ3n) is 4.33. The van der Waals surface area contributed by atoms with Crippen LogP contribution in [0.3, 0.4) is 0 Å². The molecular weight excluding hydrogens is 376 g/mol. The van der Waals surface area contributed by atoms with E-state index < -0.39 is 0 Å². The number of anilines is 1. The van der Waals surface area contributed by atoms with Gasteiger partial charge in [0.25, 0.3) is 0 Å². The molecule has 1 N–H and O–H groups in total. The Labute approximate surface area is 168 Å². The van der Waals surface area contributed by atoms with E-state index in [1.807, 2.05) is 42.6 Å². The number of aryl methyl sites for hydroxylation is 1. The first-order valence-corrected chi connectivity index (χ1v) is 9.45. The van der Waals surface area contributed by atoms with E-state index in [2.05, 4.69) is 9.69 Å². The van der Waals surface area contributed by atoms with Gasteiger partial charge in [0, 0.05) is 23.4 Å². The van der Waals surface area contributed by atoms with Gasteiger partial charge in [-0.25, -0.2) is 0 Å². The van der Waals surface area contributed by atoms with Gasteiger partial charge >= 0.3 is 0 Å². The predicted octanol–water partition coefficient (Wildman–Crippen LogP) is 4.77. The molecule has 0 saturated heterocycles. The number of nitrogens with one attached hydrogen (secondary N) is 1. The number of methoxy groups -OCH3 is 3. The zero-order valence-electron chi connectivity index (χ0n) is 16.5. The monoisotopic (exact) mass is 398 g/mol. The van der Waals surface area contributed by atoms with Gasteiger partial charge in [-0.1, -0.05) is 6.07 Å². The molecule has 3 rings (SSSR count). The summed E-state index contributed by atoms with van der Waals surface area (Å²) >= 11 is 1.37. The highest BCUT2D eigenvalue weighted by molar-refractivity contribution is 7.04. The second-order valence-corrected chi connectivity index (χ2v) is 6.83. The van der Waals surface area contributed by atoms with Crippen molar-refractivity contribution in [1.29, 1.82) is 0 Å². The second-order valence-electron chi connectivity index (χ2n) is 6.20. The molecule has 146 valence electrons. The number of hydrogen-bond donors (Lipinski definition) is 1. The topological polar surface area (TPSA) is 69.7 Å². The van der Waals surface area contributed by atoms with E-state index in [4.69, 9.17) is 14.2 Å². The minimum atomic E-state index is -0.158. The SMILES string of the molecule is COc1ccc(-c2csnc2-c2cc(C)c(OC)c(OC)c2)cc1NC(C)=O. The largest absolute Gasteiger partial charge is 0.495 e. The molecule has 0 radical (unpaired) electrons. The molecule has 28 heavy (non-hydrogen) atoms. The van der Waals surface area contributed by atoms with Crippen molar-refractivity contribution >= 4 is 23.1 Å². The maximum Gasteiger partial charge on any atom is 0.221 e. The van der Waals surface area contributed by atoms with Gasteiger partial charge in [-0.15, -0.1) is 0 Å². The average Bonchev–Trinajstić information content (AvgIpc) is 3.16. The van der Waals surface area contributed by atoms with E-state index >= 15 is 0 Å². The van der Waals surface area contributed by atoms with Gasteiger partial charge in [0.1, 0.15) is 5.75 Å². The maximum absolute atomic E-state index is 11.5. The molecule has 0 spiro atoms. The highest BCUT2D eigenvalue weighted by Crippen LogP contribution is 2.40. The number of ether oxygens (including phenoxy) is 3. The van der Waals surface area contributed by atoms with Gasteiger partial charge in [-0.2, -0.15) is 4.37 Å². The lowest BCUT2D eigenvalue weighted by Gasteiger charge is -2.14. The smallest absolute Gasteiger partial charge is 0.221 e. The lowest BCUT2D eigenvalue weighted by atomic mass is 9.99. The molecule has 0 aliphatic carbocycles. The summed E-state index contributed by atoms with van der Waals surface area (Å²) in [5, 5.41) is 4.80. The van der Waals surface area contributed by atoms with Crippen LogP contribution in [-0.2, 0) is 4.79 Å². The standard InChI is InChI=1S/C21H22N2O4S/c1-12-8-15(10-19(26-4)21(12)27-5)20-16(11-28-23-20)14-6-7-18(25-3)17(9-14)22-13(2)24/h6-11H,1-5H3,(H,22,24). The van der Waals surface area contributed by atoms with Gasteiger partial charge in [0.05, 0.1) is 32.7 Å². The van der Waals surface area contributed by atoms with Crippen molar-refractivity contribution in [2.45, 2.75) is 13.8 Å². The van der Waals surface area contributed by atoms with Crippen molar-refractivity contribution in [1.82, 2.24) is 4.37 Å². The molecule has 3 aromatic rings. The summed E-state index contributed by atoms with van der Waals surface area (Å²) in [4.78, 5) is 11.5. The van der Waals surface area contributed by atoms with Crippen LogP contribution < -0.4 is 19.5 Å². The lowest BCUT2D eigenvalue weighted by Crippen LogP contribution is -2.07. The molecular formula is C21H22N2O4S. The predicted molar refractivity (Wildman–Crippen MR) is 112 cm³/mol. The van der Waals surface area contributed by atoms with E-state index in [0.717, 1.165) is 27.9 Å². The third-order valence-corrected chi connectivity index (χ3v) is 4.96. The van der Waals surface area contributed by atoms with Crippen molar-refractivity contribution in [3.63, 3.8) is 0 Å². The van der Waals surface area contributed by atoms with Gasteiger partial charge in [-0.05, 0) is 53.8 Å². The molecule has 0 fully saturated rings. The fourth-order valence-corrected chi connectivity index (χ4v) is 3.82. The van der Waals surface area contributed by atoms with E-state index in [-0.39, 0.29) is 5.91 Å². The van der Waals surface area contributed by atoms with Crippen LogP contribution in [0.5, 0.6) is 17.2 Å². The van der Waals surface area contributed by atoms with Crippen molar-refractivity contribution in [2.24, 2.45) is 0 Å². The average molecular weight is 398 g/mol. The molecule has 2 aromatic carbocycles. The van der Waals surface area contributed by atoms with Crippen molar-refractivity contribution in [3.8, 4) is 39.6 Å². The summed E-state index contributed by atoms with van der Waals surface area (Å²) in [5.41, 5.74) is 5.25. The molecule has 0 bridgehead atoms. The summed E-state index contributed by atoms with van der Waals surface area (Å²) in [6, 6.07) is 9.62. The first-order chi connectivity index (χ1) is 13.5. The fraction of sp³-hybridized carbons (Fsp3) is 0.238. The highest BCUT2D eigenvalue weighted by atomic mass is 32.1. The minimum absolute atomic E-state index is 0.158. The fourth-order valence-electron chi connectivity index (χ4n) is 3.10. The molecule has 0 aliphatic rings. The zero-order valence-corrected chi connectivity index (χ0v) is 17.3. The second kappa shape index (κ2) is 8.31. The molecule has 0 unspecified atom stereocenters. The Balaban J connectivity index is 2.10. The Morgan fingerprint density at radius 1 is 1.00 bits per heavy atom. The Kier molecular flexibility index (Phi) is 5.84. The molecule has 1 aromatic heterocycles. The van der Waals surface area contributed by atoms with Gasteiger partial charge in [0.2, 0.25) is 5.91 Å². The van der Waals surface area contributed by atoms with Crippen LogP contribution in [0.25, 0.3) is 22.4 Å². The van der Waals surface area contributed by atoms with Crippen LogP contribution in [0.1, 0.15) is 12.5 Å². The van der Waals surface area contributed by atoms with Gasteiger partial charge in [-0.3, -0.25) is 4.79 Å². The number of carbonyl (C=O) groups is 1. The van der Waals surface area contributed by atoms with Crippen LogP contribution in [0.2, 0.25) is 0 Å². The summed E-state index contributed by atoms with van der Waals surface area (Å²) < 4.78 is 20.9. The summed E-state index contributed by atoms with van der Waals surface area (Å²) in [6.45, 7) is 3.44. The quantitative estimate of drug-likeness (QED) is 0.648. The minimum Gasteiger partial charge on any atom is -0.495 e. The maximum atomic E-state index is 11.5. The number of amides is 1. The zero-order chi connectivity index (χ0) is 20.3. The Bertz CT molecular complexity index is 1010. The van der Waals surface area contributed by atoms with Crippen molar-refractivity contribution in [2.75, 3.05) is 26.6 Å². The van der Waals surface area contributed by atoms with E-state index in [9.17, 15) is 4.79 Å². The Hall–Kier alpha value is -3.06. The van der Waals surface area contributed by atoms with Crippen LogP contribution in [-0.4, -0.2) is 31.6 Å². The van der Waals surface area contributed by atoms with Crippen molar-refractivity contribution in [3.05, 3.63) is 41.3 Å². The third kappa shape index (κ3) is 3.80.